The molecule has 1 aromatic heterocycles. The third-order valence-electron chi connectivity index (χ3n) is 0.960. The Bertz CT molecular complexity index is 230. The van der Waals surface area contributed by atoms with Gasteiger partial charge in [-0.15, -0.1) is 4.98 Å². The van der Waals surface area contributed by atoms with Crippen molar-refractivity contribution in [2.75, 3.05) is 14.2 Å². The number of ether oxygens (including phenoxy) is 2. The van der Waals surface area contributed by atoms with Gasteiger partial charge in [-0.1, -0.05) is 0 Å². The van der Waals surface area contributed by atoms with E-state index in [1.165, 1.54) is 14.2 Å². The lowest BCUT2D eigenvalue weighted by Gasteiger charge is -1.99. The monoisotopic (exact) mass is 155 g/mol. The van der Waals surface area contributed by atoms with E-state index in [1.54, 1.807) is 0 Å². The normalized spacial score (nSPS) is 9.27. The zero-order chi connectivity index (χ0) is 8.27. The Balaban J connectivity index is 3.02. The fourth-order valence-electron chi connectivity index (χ4n) is 0.521. The van der Waals surface area contributed by atoms with Crippen molar-refractivity contribution in [2.24, 2.45) is 0 Å². The Morgan fingerprint density at radius 2 is 1.45 bits per heavy atom. The van der Waals surface area contributed by atoms with Crippen LogP contribution in [0, 0.1) is 0 Å². The average molecular weight is 155 g/mol. The van der Waals surface area contributed by atoms with Crippen molar-refractivity contribution in [3.05, 3.63) is 0 Å². The van der Waals surface area contributed by atoms with E-state index in [1.807, 2.05) is 0 Å². The molecule has 0 aromatic carbocycles. The molecule has 1 rings (SSSR count). The Hall–Kier alpha value is -1.59. The fourth-order valence-corrected chi connectivity index (χ4v) is 0.521. The predicted octanol–water partition coefficient (Wildman–Crippen LogP) is -0.197. The maximum atomic E-state index is 7.06. The van der Waals surface area contributed by atoms with Gasteiger partial charge in [0, 0.05) is 0 Å². The molecule has 1 radical (unpaired) electrons. The van der Waals surface area contributed by atoms with Crippen molar-refractivity contribution in [3.8, 4) is 12.0 Å². The van der Waals surface area contributed by atoms with Crippen LogP contribution in [0.15, 0.2) is 0 Å². The maximum absolute atomic E-state index is 7.06. The summed E-state index contributed by atoms with van der Waals surface area (Å²) in [5, 5.41) is 0. The van der Waals surface area contributed by atoms with Crippen LogP contribution in [-0.4, -0.2) is 29.2 Å². The number of nitrogens with zero attached hydrogens (tertiary/aromatic N) is 3. The summed E-state index contributed by atoms with van der Waals surface area (Å²) >= 11 is 0. The molecule has 0 amide bonds. The summed E-state index contributed by atoms with van der Waals surface area (Å²) in [5.74, 6) is -0.172. The highest BCUT2D eigenvalue weighted by atomic mass is 16.5. The van der Waals surface area contributed by atoms with Gasteiger partial charge < -0.3 is 9.47 Å². The summed E-state index contributed by atoms with van der Waals surface area (Å²) in [6, 6.07) is 0.170. The number of hydrogen-bond acceptors (Lipinski definition) is 5. The van der Waals surface area contributed by atoms with Gasteiger partial charge >= 0.3 is 12.0 Å². The van der Waals surface area contributed by atoms with E-state index in [2.05, 4.69) is 24.4 Å². The highest BCUT2D eigenvalue weighted by molar-refractivity contribution is 5.16. The first kappa shape index (κ1) is 7.52. The second kappa shape index (κ2) is 3.00. The standard InChI is InChI=1S/C5H7N4O2/c1-10-4-7-3(6)8-5(9-4)11-2/h6H,1-2H3. The van der Waals surface area contributed by atoms with Gasteiger partial charge in [0.2, 0.25) is 0 Å². The summed E-state index contributed by atoms with van der Waals surface area (Å²) in [6.45, 7) is 0. The van der Waals surface area contributed by atoms with Gasteiger partial charge in [0.25, 0.3) is 5.95 Å². The zero-order valence-electron chi connectivity index (χ0n) is 6.16. The Labute approximate surface area is 63.4 Å². The Morgan fingerprint density at radius 3 is 1.82 bits per heavy atom. The molecule has 0 unspecified atom stereocenters. The lowest BCUT2D eigenvalue weighted by Crippen LogP contribution is -1.98. The summed E-state index contributed by atoms with van der Waals surface area (Å²) in [6.07, 6.45) is 0. The van der Waals surface area contributed by atoms with E-state index in [9.17, 15) is 0 Å². The number of aromatic nitrogens is 3. The molecule has 59 valence electrons. The van der Waals surface area contributed by atoms with E-state index in [4.69, 9.17) is 5.73 Å². The zero-order valence-corrected chi connectivity index (χ0v) is 6.16. The molecule has 11 heavy (non-hydrogen) atoms. The van der Waals surface area contributed by atoms with E-state index in [0.717, 1.165) is 0 Å². The quantitative estimate of drug-likeness (QED) is 0.590. The van der Waals surface area contributed by atoms with Crippen LogP contribution in [0.1, 0.15) is 0 Å². The smallest absolute Gasteiger partial charge is 0.324 e. The topological polar surface area (TPSA) is 80.9 Å². The summed E-state index contributed by atoms with van der Waals surface area (Å²) in [4.78, 5) is 10.8. The third-order valence-corrected chi connectivity index (χ3v) is 0.960. The number of rotatable bonds is 2. The molecule has 0 spiro atoms. The maximum Gasteiger partial charge on any atom is 0.324 e. The minimum Gasteiger partial charge on any atom is -0.467 e. The molecule has 0 saturated carbocycles. The van der Waals surface area contributed by atoms with Crippen LogP contribution < -0.4 is 15.2 Å². The van der Waals surface area contributed by atoms with Gasteiger partial charge in [-0.25, -0.2) is 0 Å². The number of nitrogens with one attached hydrogen (secondary N) is 1. The van der Waals surface area contributed by atoms with Gasteiger partial charge in [-0.2, -0.15) is 9.97 Å². The lowest BCUT2D eigenvalue weighted by atomic mass is 10.9. The fraction of sp³-hybridized carbons (Fsp3) is 0.400. The molecule has 0 aliphatic rings. The second-order valence-corrected chi connectivity index (χ2v) is 1.63. The van der Waals surface area contributed by atoms with Gasteiger partial charge in [0.05, 0.1) is 14.2 Å². The molecular formula is C5H7N4O2. The van der Waals surface area contributed by atoms with Crippen LogP contribution in [0.25, 0.3) is 0 Å². The van der Waals surface area contributed by atoms with Crippen LogP contribution in [0.3, 0.4) is 0 Å². The molecule has 0 fully saturated rings. The van der Waals surface area contributed by atoms with Crippen LogP contribution in [-0.2, 0) is 0 Å². The van der Waals surface area contributed by atoms with Gasteiger partial charge in [-0.05, 0) is 0 Å². The molecule has 6 heteroatoms. The molecule has 0 aliphatic heterocycles. The molecule has 0 bridgehead atoms. The van der Waals surface area contributed by atoms with Crippen LogP contribution in [0.2, 0.25) is 0 Å². The van der Waals surface area contributed by atoms with Gasteiger partial charge in [0.1, 0.15) is 0 Å². The summed E-state index contributed by atoms with van der Waals surface area (Å²) in [5.41, 5.74) is 7.06. The van der Waals surface area contributed by atoms with E-state index in [-0.39, 0.29) is 18.0 Å². The molecule has 1 N–H and O–H groups in total. The number of methoxy groups -OCH3 is 2. The minimum atomic E-state index is -0.172. The van der Waals surface area contributed by atoms with Crippen molar-refractivity contribution in [2.45, 2.75) is 0 Å². The van der Waals surface area contributed by atoms with E-state index in [0.29, 0.717) is 0 Å². The third kappa shape index (κ3) is 1.66. The average Bonchev–Trinajstić information content (AvgIpc) is 2.03. The van der Waals surface area contributed by atoms with Crippen LogP contribution in [0.4, 0.5) is 5.95 Å². The highest BCUT2D eigenvalue weighted by Gasteiger charge is 2.02. The molecule has 0 saturated heterocycles. The van der Waals surface area contributed by atoms with Crippen molar-refractivity contribution in [1.82, 2.24) is 20.7 Å². The molecule has 1 heterocycles. The second-order valence-electron chi connectivity index (χ2n) is 1.63. The first-order valence-electron chi connectivity index (χ1n) is 2.82. The lowest BCUT2D eigenvalue weighted by molar-refractivity contribution is 0.340. The van der Waals surface area contributed by atoms with Crippen molar-refractivity contribution in [1.29, 1.82) is 0 Å². The van der Waals surface area contributed by atoms with Crippen LogP contribution >= 0.6 is 0 Å². The molecule has 0 aliphatic carbocycles. The number of hydrogen-bond donors (Lipinski definition) is 0. The Morgan fingerprint density at radius 1 is 1.00 bits per heavy atom. The molecular weight excluding hydrogens is 148 g/mol. The molecule has 0 atom stereocenters. The Kier molecular flexibility index (Phi) is 2.05. The summed E-state index contributed by atoms with van der Waals surface area (Å²) < 4.78 is 9.35. The molecule has 1 aromatic rings. The van der Waals surface area contributed by atoms with Crippen molar-refractivity contribution >= 4 is 5.95 Å². The van der Waals surface area contributed by atoms with Crippen molar-refractivity contribution < 1.29 is 9.47 Å². The largest absolute Gasteiger partial charge is 0.467 e. The molecule has 6 nitrogen and oxygen atoms in total. The highest BCUT2D eigenvalue weighted by Crippen LogP contribution is 2.09. The first-order chi connectivity index (χ1) is 5.26. The van der Waals surface area contributed by atoms with E-state index >= 15 is 0 Å². The van der Waals surface area contributed by atoms with Crippen LogP contribution in [0.5, 0.6) is 12.0 Å². The van der Waals surface area contributed by atoms with Gasteiger partial charge in [0.15, 0.2) is 0 Å². The predicted molar refractivity (Wildman–Crippen MR) is 35.7 cm³/mol. The summed E-state index contributed by atoms with van der Waals surface area (Å²) in [7, 11) is 2.82. The minimum absolute atomic E-state index is 0.0850. The first-order valence-corrected chi connectivity index (χ1v) is 2.82. The van der Waals surface area contributed by atoms with E-state index < -0.39 is 0 Å². The van der Waals surface area contributed by atoms with Crippen molar-refractivity contribution in [3.63, 3.8) is 0 Å². The van der Waals surface area contributed by atoms with Gasteiger partial charge in [-0.3, -0.25) is 5.73 Å². The SMILES string of the molecule is COc1nc([NH])nc(OC)n1.